The van der Waals surface area contributed by atoms with Crippen molar-refractivity contribution in [3.05, 3.63) is 75.1 Å². The maximum Gasteiger partial charge on any atom is 0.267 e. The lowest BCUT2D eigenvalue weighted by Gasteiger charge is -2.13. The number of nitrogens with zero attached hydrogens (tertiary/aromatic N) is 4. The van der Waals surface area contributed by atoms with Gasteiger partial charge in [-0.05, 0) is 68.1 Å². The summed E-state index contributed by atoms with van der Waals surface area (Å²) in [4.78, 5) is 37.1. The van der Waals surface area contributed by atoms with Crippen LogP contribution >= 0.6 is 23.1 Å². The molecule has 1 aromatic carbocycles. The van der Waals surface area contributed by atoms with Crippen LogP contribution in [0.25, 0.3) is 15.9 Å². The molecule has 1 aliphatic carbocycles. The lowest BCUT2D eigenvalue weighted by atomic mass is 10.2. The smallest absolute Gasteiger partial charge is 0.267 e. The molecular formula is C25H23N5O3S2. The van der Waals surface area contributed by atoms with Crippen LogP contribution in [0, 0.1) is 0 Å². The summed E-state index contributed by atoms with van der Waals surface area (Å²) in [5.41, 5.74) is 4.85. The Bertz CT molecular complexity index is 1450. The molecule has 0 unspecified atom stereocenters. The molecule has 178 valence electrons. The van der Waals surface area contributed by atoms with Crippen molar-refractivity contribution in [3.8, 4) is 11.4 Å². The van der Waals surface area contributed by atoms with Crippen LogP contribution in [0.2, 0.25) is 0 Å². The van der Waals surface area contributed by atoms with Crippen LogP contribution in [0.5, 0.6) is 5.75 Å². The van der Waals surface area contributed by atoms with Crippen molar-refractivity contribution in [2.24, 2.45) is 5.10 Å². The minimum absolute atomic E-state index is 0.0552. The Labute approximate surface area is 210 Å². The molecule has 35 heavy (non-hydrogen) atoms. The van der Waals surface area contributed by atoms with Crippen LogP contribution < -0.4 is 15.7 Å². The van der Waals surface area contributed by atoms with E-state index in [1.54, 1.807) is 28.2 Å². The van der Waals surface area contributed by atoms with Crippen LogP contribution in [0.15, 0.2) is 63.7 Å². The number of thiophene rings is 1. The summed E-state index contributed by atoms with van der Waals surface area (Å²) in [6, 6.07) is 12.8. The van der Waals surface area contributed by atoms with Crippen LogP contribution in [-0.2, 0) is 17.6 Å². The highest BCUT2D eigenvalue weighted by molar-refractivity contribution is 7.99. The standard InChI is InChI=1S/C25H23N5O3S2/c1-2-33-18-11-9-17(10-12-18)30-24(32)22-19-7-5-8-20(19)35-23(22)28-25(30)34-15-21(31)29-27-14-16-6-3-4-13-26-16/h3-4,6,9-14H,2,5,7-8,15H2,1H3,(H,29,31). The highest BCUT2D eigenvalue weighted by Crippen LogP contribution is 2.36. The molecule has 8 nitrogen and oxygen atoms in total. The normalized spacial score (nSPS) is 12.8. The minimum Gasteiger partial charge on any atom is -0.494 e. The first-order chi connectivity index (χ1) is 17.1. The predicted molar refractivity (Wildman–Crippen MR) is 139 cm³/mol. The number of hydrogen-bond donors (Lipinski definition) is 1. The molecule has 0 aliphatic heterocycles. The number of carbonyl (C=O) groups is 1. The van der Waals surface area contributed by atoms with Gasteiger partial charge in [0.05, 0.1) is 35.3 Å². The lowest BCUT2D eigenvalue weighted by molar-refractivity contribution is -0.118. The van der Waals surface area contributed by atoms with E-state index in [1.807, 2.05) is 43.3 Å². The van der Waals surface area contributed by atoms with Gasteiger partial charge in [-0.25, -0.2) is 10.4 Å². The number of rotatable bonds is 8. The first kappa shape index (κ1) is 23.3. The van der Waals surface area contributed by atoms with Gasteiger partial charge in [-0.2, -0.15) is 5.10 Å². The maximum atomic E-state index is 13.7. The largest absolute Gasteiger partial charge is 0.494 e. The summed E-state index contributed by atoms with van der Waals surface area (Å²) in [6.07, 6.45) is 6.09. The second-order valence-electron chi connectivity index (χ2n) is 7.84. The molecule has 0 atom stereocenters. The van der Waals surface area contributed by atoms with E-state index in [4.69, 9.17) is 9.72 Å². The van der Waals surface area contributed by atoms with E-state index >= 15 is 0 Å². The summed E-state index contributed by atoms with van der Waals surface area (Å²) >= 11 is 2.79. The topological polar surface area (TPSA) is 98.5 Å². The molecule has 0 saturated heterocycles. The van der Waals surface area contributed by atoms with Gasteiger partial charge >= 0.3 is 0 Å². The van der Waals surface area contributed by atoms with Crippen LogP contribution in [-0.4, -0.2) is 39.0 Å². The van der Waals surface area contributed by atoms with E-state index in [2.05, 4.69) is 15.5 Å². The van der Waals surface area contributed by atoms with Crippen molar-refractivity contribution < 1.29 is 9.53 Å². The third kappa shape index (κ3) is 4.98. The summed E-state index contributed by atoms with van der Waals surface area (Å²) < 4.78 is 7.14. The summed E-state index contributed by atoms with van der Waals surface area (Å²) in [5, 5.41) is 5.13. The number of ether oxygens (including phenoxy) is 1. The Balaban J connectivity index is 1.43. The summed E-state index contributed by atoms with van der Waals surface area (Å²) in [7, 11) is 0. The molecule has 3 aromatic heterocycles. The van der Waals surface area contributed by atoms with Gasteiger partial charge in [-0.1, -0.05) is 17.8 Å². The van der Waals surface area contributed by atoms with E-state index in [9.17, 15) is 9.59 Å². The molecule has 0 fully saturated rings. The van der Waals surface area contributed by atoms with Crippen LogP contribution in [0.1, 0.15) is 29.5 Å². The van der Waals surface area contributed by atoms with Gasteiger partial charge in [0.25, 0.3) is 11.5 Å². The molecule has 1 aliphatic rings. The average Bonchev–Trinajstić information content (AvgIpc) is 3.45. The Hall–Kier alpha value is -3.50. The van der Waals surface area contributed by atoms with E-state index in [-0.39, 0.29) is 17.2 Å². The summed E-state index contributed by atoms with van der Waals surface area (Å²) in [6.45, 7) is 2.49. The number of thioether (sulfide) groups is 1. The van der Waals surface area contributed by atoms with Gasteiger partial charge in [0, 0.05) is 11.1 Å². The zero-order valence-corrected chi connectivity index (χ0v) is 20.7. The molecule has 10 heteroatoms. The van der Waals surface area contributed by atoms with Crippen LogP contribution in [0.3, 0.4) is 0 Å². The SMILES string of the molecule is CCOc1ccc(-n2c(SCC(=O)NN=Cc3ccccn3)nc3sc4c(c3c2=O)CCC4)cc1. The number of aryl methyl sites for hydroxylation is 2. The Morgan fingerprint density at radius 2 is 2.11 bits per heavy atom. The number of hydrogen-bond acceptors (Lipinski definition) is 8. The fourth-order valence-corrected chi connectivity index (χ4v) is 6.10. The number of nitrogens with one attached hydrogen (secondary N) is 1. The Morgan fingerprint density at radius 1 is 1.26 bits per heavy atom. The maximum absolute atomic E-state index is 13.7. The number of aromatic nitrogens is 3. The predicted octanol–water partition coefficient (Wildman–Crippen LogP) is 3.97. The molecule has 0 saturated carbocycles. The zero-order valence-electron chi connectivity index (χ0n) is 19.1. The third-order valence-corrected chi connectivity index (χ3v) is 7.64. The van der Waals surface area contributed by atoms with Gasteiger partial charge < -0.3 is 4.74 Å². The molecular weight excluding hydrogens is 482 g/mol. The van der Waals surface area contributed by atoms with Crippen molar-refractivity contribution in [1.29, 1.82) is 0 Å². The number of pyridine rings is 1. The third-order valence-electron chi connectivity index (χ3n) is 5.52. The first-order valence-corrected chi connectivity index (χ1v) is 13.1. The molecule has 3 heterocycles. The molecule has 0 bridgehead atoms. The van der Waals surface area contributed by atoms with Crippen molar-refractivity contribution >= 4 is 45.4 Å². The fraction of sp³-hybridized carbons (Fsp3) is 0.240. The highest BCUT2D eigenvalue weighted by atomic mass is 32.2. The van der Waals surface area contributed by atoms with Crippen molar-refractivity contribution in [3.63, 3.8) is 0 Å². The number of hydrazone groups is 1. The summed E-state index contributed by atoms with van der Waals surface area (Å²) in [5.74, 6) is 0.483. The Kier molecular flexibility index (Phi) is 6.91. The van der Waals surface area contributed by atoms with Gasteiger partial charge in [0.2, 0.25) is 0 Å². The van der Waals surface area contributed by atoms with Gasteiger partial charge in [0.15, 0.2) is 5.16 Å². The van der Waals surface area contributed by atoms with E-state index in [0.29, 0.717) is 28.5 Å². The number of amides is 1. The van der Waals surface area contributed by atoms with Gasteiger partial charge in [-0.15, -0.1) is 11.3 Å². The molecule has 1 amide bonds. The van der Waals surface area contributed by atoms with Crippen molar-refractivity contribution in [2.45, 2.75) is 31.3 Å². The molecule has 4 aromatic rings. The number of carbonyl (C=O) groups excluding carboxylic acids is 1. The number of fused-ring (bicyclic) bond motifs is 3. The minimum atomic E-state index is -0.302. The van der Waals surface area contributed by atoms with Gasteiger partial charge in [0.1, 0.15) is 10.6 Å². The monoisotopic (exact) mass is 505 g/mol. The highest BCUT2D eigenvalue weighted by Gasteiger charge is 2.24. The quantitative estimate of drug-likeness (QED) is 0.168. The van der Waals surface area contributed by atoms with E-state index in [0.717, 1.165) is 35.4 Å². The molecule has 0 spiro atoms. The van der Waals surface area contributed by atoms with E-state index in [1.165, 1.54) is 22.9 Å². The average molecular weight is 506 g/mol. The molecule has 1 N–H and O–H groups in total. The second-order valence-corrected chi connectivity index (χ2v) is 9.86. The van der Waals surface area contributed by atoms with E-state index < -0.39 is 0 Å². The second kappa shape index (κ2) is 10.4. The molecule has 0 radical (unpaired) electrons. The Morgan fingerprint density at radius 3 is 2.89 bits per heavy atom. The van der Waals surface area contributed by atoms with Crippen LogP contribution in [0.4, 0.5) is 0 Å². The lowest BCUT2D eigenvalue weighted by Crippen LogP contribution is -2.24. The van der Waals surface area contributed by atoms with Crippen molar-refractivity contribution in [2.75, 3.05) is 12.4 Å². The first-order valence-electron chi connectivity index (χ1n) is 11.3. The molecule has 5 rings (SSSR count). The fourth-order valence-electron chi connectivity index (χ4n) is 3.99. The van der Waals surface area contributed by atoms with Gasteiger partial charge in [-0.3, -0.25) is 19.1 Å². The van der Waals surface area contributed by atoms with Crippen molar-refractivity contribution in [1.82, 2.24) is 20.0 Å². The zero-order chi connectivity index (χ0) is 24.2. The number of benzene rings is 1.